The number of furan rings is 2. The van der Waals surface area contributed by atoms with Crippen molar-refractivity contribution in [2.45, 2.75) is 26.9 Å². The lowest BCUT2D eigenvalue weighted by molar-refractivity contribution is 0.186. The van der Waals surface area contributed by atoms with Crippen molar-refractivity contribution >= 4 is 15.9 Å². The highest BCUT2D eigenvalue weighted by Gasteiger charge is 2.24. The molecule has 86 valence electrons. The lowest BCUT2D eigenvalue weighted by Gasteiger charge is -2.08. The molecule has 0 aliphatic carbocycles. The molecule has 4 heteroatoms. The van der Waals surface area contributed by atoms with Gasteiger partial charge in [0, 0.05) is 5.56 Å². The highest BCUT2D eigenvalue weighted by molar-refractivity contribution is 9.10. The Balaban J connectivity index is 2.49. The van der Waals surface area contributed by atoms with Gasteiger partial charge in [0.05, 0.1) is 10.7 Å². The molecular formula is C12H13BrO3. The maximum absolute atomic E-state index is 10.3. The molecule has 2 aromatic rings. The Morgan fingerprint density at radius 3 is 2.38 bits per heavy atom. The van der Waals surface area contributed by atoms with Crippen LogP contribution in [0.4, 0.5) is 0 Å². The summed E-state index contributed by atoms with van der Waals surface area (Å²) in [5.74, 6) is 2.06. The molecule has 1 atom stereocenters. The minimum absolute atomic E-state index is 0.506. The minimum Gasteiger partial charge on any atom is -0.466 e. The highest BCUT2D eigenvalue weighted by Crippen LogP contribution is 2.34. The molecule has 2 rings (SSSR count). The third-order valence-corrected chi connectivity index (χ3v) is 3.44. The van der Waals surface area contributed by atoms with E-state index in [1.165, 1.54) is 0 Å². The first kappa shape index (κ1) is 11.5. The Labute approximate surface area is 102 Å². The van der Waals surface area contributed by atoms with Crippen molar-refractivity contribution < 1.29 is 13.9 Å². The maximum atomic E-state index is 10.3. The number of aryl methyl sites for hydroxylation is 2. The predicted octanol–water partition coefficient (Wildman–Crippen LogP) is 3.64. The summed E-state index contributed by atoms with van der Waals surface area (Å²) in [6.07, 6.45) is 0.752. The lowest BCUT2D eigenvalue weighted by atomic mass is 10.0. The molecule has 1 N–H and O–H groups in total. The molecule has 0 fully saturated rings. The third-order valence-electron chi connectivity index (χ3n) is 2.78. The fourth-order valence-corrected chi connectivity index (χ4v) is 2.26. The molecule has 1 unspecified atom stereocenters. The molecule has 0 aliphatic rings. The second kappa shape index (κ2) is 4.11. The standard InChI is InChI=1S/C12H13BrO3/c1-6-7(2)16-8(3)10(6)11(14)12-9(13)4-5-15-12/h4-5,11,14H,1-3H3. The zero-order valence-corrected chi connectivity index (χ0v) is 11.0. The van der Waals surface area contributed by atoms with Gasteiger partial charge in [-0.15, -0.1) is 0 Å². The number of aliphatic hydroxyl groups excluding tert-OH is 1. The van der Waals surface area contributed by atoms with Crippen LogP contribution >= 0.6 is 15.9 Å². The zero-order chi connectivity index (χ0) is 11.9. The van der Waals surface area contributed by atoms with Gasteiger partial charge in [0.2, 0.25) is 0 Å². The molecule has 16 heavy (non-hydrogen) atoms. The van der Waals surface area contributed by atoms with Crippen molar-refractivity contribution in [1.29, 1.82) is 0 Å². The lowest BCUT2D eigenvalue weighted by Crippen LogP contribution is -2.01. The summed E-state index contributed by atoms with van der Waals surface area (Å²) in [6, 6.07) is 1.76. The second-order valence-corrected chi connectivity index (χ2v) is 4.64. The van der Waals surface area contributed by atoms with Gasteiger partial charge in [-0.25, -0.2) is 0 Å². The van der Waals surface area contributed by atoms with Crippen molar-refractivity contribution in [3.8, 4) is 0 Å². The molecule has 0 amide bonds. The Hall–Kier alpha value is -1.00. The van der Waals surface area contributed by atoms with Gasteiger partial charge in [-0.1, -0.05) is 0 Å². The summed E-state index contributed by atoms with van der Waals surface area (Å²) < 4.78 is 11.5. The monoisotopic (exact) mass is 284 g/mol. The van der Waals surface area contributed by atoms with Crippen LogP contribution in [0.1, 0.15) is 34.5 Å². The number of rotatable bonds is 2. The quantitative estimate of drug-likeness (QED) is 0.916. The number of hydrogen-bond donors (Lipinski definition) is 1. The van der Waals surface area contributed by atoms with Gasteiger partial charge in [0.25, 0.3) is 0 Å². The largest absolute Gasteiger partial charge is 0.466 e. The van der Waals surface area contributed by atoms with Crippen LogP contribution in [0.5, 0.6) is 0 Å². The van der Waals surface area contributed by atoms with Crippen LogP contribution in [0.2, 0.25) is 0 Å². The van der Waals surface area contributed by atoms with Gasteiger partial charge in [0.1, 0.15) is 17.6 Å². The molecule has 0 saturated heterocycles. The number of aliphatic hydroxyl groups is 1. The summed E-state index contributed by atoms with van der Waals surface area (Å²) in [5.41, 5.74) is 1.75. The predicted molar refractivity (Wildman–Crippen MR) is 63.4 cm³/mol. The van der Waals surface area contributed by atoms with Crippen LogP contribution in [-0.2, 0) is 0 Å². The third kappa shape index (κ3) is 1.72. The molecule has 0 aliphatic heterocycles. The number of hydrogen-bond acceptors (Lipinski definition) is 3. The molecule has 3 nitrogen and oxygen atoms in total. The topological polar surface area (TPSA) is 46.5 Å². The first-order chi connectivity index (χ1) is 7.52. The van der Waals surface area contributed by atoms with Crippen LogP contribution in [0.25, 0.3) is 0 Å². The van der Waals surface area contributed by atoms with E-state index in [0.717, 1.165) is 27.1 Å². The van der Waals surface area contributed by atoms with Crippen molar-refractivity contribution in [2.75, 3.05) is 0 Å². The molecule has 0 aromatic carbocycles. The van der Waals surface area contributed by atoms with Crippen LogP contribution in [0, 0.1) is 20.8 Å². The van der Waals surface area contributed by atoms with E-state index in [2.05, 4.69) is 15.9 Å². The summed E-state index contributed by atoms with van der Waals surface area (Å²) in [7, 11) is 0. The molecule has 0 radical (unpaired) electrons. The van der Waals surface area contributed by atoms with E-state index in [4.69, 9.17) is 8.83 Å². The zero-order valence-electron chi connectivity index (χ0n) is 9.37. The van der Waals surface area contributed by atoms with Gasteiger partial charge in [-0.2, -0.15) is 0 Å². The van der Waals surface area contributed by atoms with E-state index in [1.807, 2.05) is 20.8 Å². The fraction of sp³-hybridized carbons (Fsp3) is 0.333. The summed E-state index contributed by atoms with van der Waals surface area (Å²) >= 11 is 3.34. The summed E-state index contributed by atoms with van der Waals surface area (Å²) in [6.45, 7) is 5.66. The van der Waals surface area contributed by atoms with Crippen molar-refractivity contribution in [3.63, 3.8) is 0 Å². The first-order valence-electron chi connectivity index (χ1n) is 4.99. The molecule has 0 bridgehead atoms. The Morgan fingerprint density at radius 2 is 1.94 bits per heavy atom. The van der Waals surface area contributed by atoms with Gasteiger partial charge in [-0.05, 0) is 48.3 Å². The minimum atomic E-state index is -0.790. The van der Waals surface area contributed by atoms with Crippen molar-refractivity contribution in [1.82, 2.24) is 0 Å². The SMILES string of the molecule is Cc1oc(C)c(C(O)c2occc2Br)c1C. The second-order valence-electron chi connectivity index (χ2n) is 3.79. The van der Waals surface area contributed by atoms with Crippen LogP contribution in [0.15, 0.2) is 25.6 Å². The Morgan fingerprint density at radius 1 is 1.25 bits per heavy atom. The van der Waals surface area contributed by atoms with Crippen molar-refractivity contribution in [2.24, 2.45) is 0 Å². The van der Waals surface area contributed by atoms with Gasteiger partial charge in [-0.3, -0.25) is 0 Å². The van der Waals surface area contributed by atoms with E-state index in [-0.39, 0.29) is 0 Å². The van der Waals surface area contributed by atoms with Gasteiger partial charge < -0.3 is 13.9 Å². The van der Waals surface area contributed by atoms with Crippen LogP contribution in [-0.4, -0.2) is 5.11 Å². The molecular weight excluding hydrogens is 272 g/mol. The van der Waals surface area contributed by atoms with E-state index in [0.29, 0.717) is 5.76 Å². The molecule has 2 aromatic heterocycles. The average molecular weight is 285 g/mol. The van der Waals surface area contributed by atoms with Crippen LogP contribution in [0.3, 0.4) is 0 Å². The van der Waals surface area contributed by atoms with E-state index in [9.17, 15) is 5.11 Å². The first-order valence-corrected chi connectivity index (χ1v) is 5.79. The van der Waals surface area contributed by atoms with E-state index < -0.39 is 6.10 Å². The highest BCUT2D eigenvalue weighted by atomic mass is 79.9. The van der Waals surface area contributed by atoms with Gasteiger partial charge in [0.15, 0.2) is 5.76 Å². The molecule has 0 saturated carbocycles. The maximum Gasteiger partial charge on any atom is 0.151 e. The van der Waals surface area contributed by atoms with Crippen molar-refractivity contribution in [3.05, 3.63) is 45.2 Å². The Kier molecular flexibility index (Phi) is 2.95. The smallest absolute Gasteiger partial charge is 0.151 e. The summed E-state index contributed by atoms with van der Waals surface area (Å²) in [4.78, 5) is 0. The van der Waals surface area contributed by atoms with Gasteiger partial charge >= 0.3 is 0 Å². The normalized spacial score (nSPS) is 13.1. The average Bonchev–Trinajstić information content (AvgIpc) is 2.73. The Bertz CT molecular complexity index is 510. The van der Waals surface area contributed by atoms with Crippen LogP contribution < -0.4 is 0 Å². The van der Waals surface area contributed by atoms with E-state index >= 15 is 0 Å². The number of halogens is 1. The summed E-state index contributed by atoms with van der Waals surface area (Å²) in [5, 5.41) is 10.3. The molecule has 2 heterocycles. The van der Waals surface area contributed by atoms with E-state index in [1.54, 1.807) is 12.3 Å². The fourth-order valence-electron chi connectivity index (χ4n) is 1.84. The molecule has 0 spiro atoms.